The summed E-state index contributed by atoms with van der Waals surface area (Å²) in [6.45, 7) is 2.03. The molecule has 0 spiro atoms. The van der Waals surface area contributed by atoms with E-state index in [1.54, 1.807) is 6.07 Å². The van der Waals surface area contributed by atoms with Crippen LogP contribution in [0.1, 0.15) is 29.3 Å². The van der Waals surface area contributed by atoms with Crippen molar-refractivity contribution in [2.45, 2.75) is 25.8 Å². The summed E-state index contributed by atoms with van der Waals surface area (Å²) >= 11 is 6.31. The summed E-state index contributed by atoms with van der Waals surface area (Å²) in [5.74, 6) is 0.861. The first-order valence-corrected chi connectivity index (χ1v) is 6.24. The number of ether oxygens (including phenoxy) is 2. The second-order valence-corrected chi connectivity index (χ2v) is 4.61. The van der Waals surface area contributed by atoms with Gasteiger partial charge in [0.25, 0.3) is 5.91 Å². The van der Waals surface area contributed by atoms with E-state index in [0.29, 0.717) is 22.1 Å². The number of nitrogens with one attached hydrogen (secondary N) is 1. The lowest BCUT2D eigenvalue weighted by Gasteiger charge is -2.26. The van der Waals surface area contributed by atoms with Crippen LogP contribution < -0.4 is 14.8 Å². The zero-order valence-electron chi connectivity index (χ0n) is 10.7. The van der Waals surface area contributed by atoms with E-state index < -0.39 is 0 Å². The molecule has 0 fully saturated rings. The fourth-order valence-electron chi connectivity index (χ4n) is 2.20. The molecular formula is C13H16ClNO3. The predicted molar refractivity (Wildman–Crippen MR) is 69.8 cm³/mol. The molecule has 0 radical (unpaired) electrons. The van der Waals surface area contributed by atoms with Crippen molar-refractivity contribution in [2.24, 2.45) is 0 Å². The lowest BCUT2D eigenvalue weighted by atomic mass is 9.93. The number of rotatable bonds is 3. The Bertz CT molecular complexity index is 488. The average Bonchev–Trinajstić information content (AvgIpc) is 2.39. The van der Waals surface area contributed by atoms with E-state index in [-0.39, 0.29) is 11.9 Å². The number of amides is 1. The number of benzene rings is 1. The van der Waals surface area contributed by atoms with Crippen LogP contribution in [-0.2, 0) is 6.42 Å². The summed E-state index contributed by atoms with van der Waals surface area (Å²) in [7, 11) is 3.06. The summed E-state index contributed by atoms with van der Waals surface area (Å²) < 4.78 is 10.4. The Morgan fingerprint density at radius 2 is 2.17 bits per heavy atom. The molecule has 0 bridgehead atoms. The Morgan fingerprint density at radius 1 is 1.44 bits per heavy atom. The number of hydrogen-bond donors (Lipinski definition) is 1. The van der Waals surface area contributed by atoms with Gasteiger partial charge in [0.2, 0.25) is 0 Å². The highest BCUT2D eigenvalue weighted by atomic mass is 35.5. The van der Waals surface area contributed by atoms with Gasteiger partial charge < -0.3 is 14.8 Å². The summed E-state index contributed by atoms with van der Waals surface area (Å²) in [6, 6.07) is 1.81. The second-order valence-electron chi connectivity index (χ2n) is 4.23. The standard InChI is InChI=1S/C13H16ClNO3/c1-4-7-5-8-9(13(16)15-7)6-10(17-2)12(18-3)11(8)14/h6-7H,4-5H2,1-3H3,(H,15,16). The molecule has 0 aliphatic carbocycles. The van der Waals surface area contributed by atoms with Gasteiger partial charge in [0.1, 0.15) is 0 Å². The van der Waals surface area contributed by atoms with Crippen molar-refractivity contribution in [3.8, 4) is 11.5 Å². The van der Waals surface area contributed by atoms with Crippen molar-refractivity contribution in [1.82, 2.24) is 5.32 Å². The molecule has 1 aliphatic heterocycles. The van der Waals surface area contributed by atoms with Crippen LogP contribution in [0.15, 0.2) is 6.07 Å². The summed E-state index contributed by atoms with van der Waals surface area (Å²) in [5, 5.41) is 3.42. The van der Waals surface area contributed by atoms with Crippen LogP contribution in [-0.4, -0.2) is 26.2 Å². The normalized spacial score (nSPS) is 18.0. The maximum atomic E-state index is 12.0. The fourth-order valence-corrected chi connectivity index (χ4v) is 2.55. The number of halogens is 1. The van der Waals surface area contributed by atoms with Crippen LogP contribution in [0.25, 0.3) is 0 Å². The number of methoxy groups -OCH3 is 2. The molecule has 2 rings (SSSR count). The minimum absolute atomic E-state index is 0.106. The molecule has 1 heterocycles. The van der Waals surface area contributed by atoms with E-state index >= 15 is 0 Å². The van der Waals surface area contributed by atoms with Crippen molar-refractivity contribution in [2.75, 3.05) is 14.2 Å². The van der Waals surface area contributed by atoms with Gasteiger partial charge in [0.15, 0.2) is 11.5 Å². The Balaban J connectivity index is 2.58. The highest BCUT2D eigenvalue weighted by Crippen LogP contribution is 2.41. The third-order valence-corrected chi connectivity index (χ3v) is 3.64. The molecule has 4 nitrogen and oxygen atoms in total. The number of fused-ring (bicyclic) bond motifs is 1. The molecule has 1 amide bonds. The molecule has 0 saturated carbocycles. The Labute approximate surface area is 111 Å². The number of carbonyl (C=O) groups is 1. The van der Waals surface area contributed by atoms with Crippen molar-refractivity contribution < 1.29 is 14.3 Å². The van der Waals surface area contributed by atoms with Gasteiger partial charge in [-0.3, -0.25) is 4.79 Å². The van der Waals surface area contributed by atoms with Gasteiger partial charge in [-0.1, -0.05) is 18.5 Å². The van der Waals surface area contributed by atoms with Gasteiger partial charge in [-0.2, -0.15) is 0 Å². The molecule has 1 aliphatic rings. The van der Waals surface area contributed by atoms with Crippen LogP contribution in [0.2, 0.25) is 5.02 Å². The smallest absolute Gasteiger partial charge is 0.251 e. The molecule has 5 heteroatoms. The van der Waals surface area contributed by atoms with E-state index in [0.717, 1.165) is 18.4 Å². The van der Waals surface area contributed by atoms with Crippen molar-refractivity contribution in [3.63, 3.8) is 0 Å². The monoisotopic (exact) mass is 269 g/mol. The van der Waals surface area contributed by atoms with Crippen molar-refractivity contribution in [3.05, 3.63) is 22.2 Å². The lowest BCUT2D eigenvalue weighted by Crippen LogP contribution is -2.41. The fraction of sp³-hybridized carbons (Fsp3) is 0.462. The van der Waals surface area contributed by atoms with E-state index in [2.05, 4.69) is 5.32 Å². The molecule has 1 aromatic carbocycles. The van der Waals surface area contributed by atoms with Gasteiger partial charge in [0, 0.05) is 11.6 Å². The molecule has 1 atom stereocenters. The third-order valence-electron chi connectivity index (χ3n) is 3.24. The largest absolute Gasteiger partial charge is 0.493 e. The summed E-state index contributed by atoms with van der Waals surface area (Å²) in [5.41, 5.74) is 1.41. The summed E-state index contributed by atoms with van der Waals surface area (Å²) in [4.78, 5) is 12.0. The minimum atomic E-state index is -0.106. The maximum absolute atomic E-state index is 12.0. The molecule has 1 unspecified atom stereocenters. The van der Waals surface area contributed by atoms with Crippen LogP contribution >= 0.6 is 11.6 Å². The number of hydrogen-bond acceptors (Lipinski definition) is 3. The van der Waals surface area contributed by atoms with Gasteiger partial charge in [0.05, 0.1) is 19.2 Å². The highest BCUT2D eigenvalue weighted by Gasteiger charge is 2.28. The van der Waals surface area contributed by atoms with Gasteiger partial charge in [-0.15, -0.1) is 0 Å². The average molecular weight is 270 g/mol. The molecule has 0 saturated heterocycles. The van der Waals surface area contributed by atoms with Crippen molar-refractivity contribution in [1.29, 1.82) is 0 Å². The zero-order chi connectivity index (χ0) is 13.3. The van der Waals surface area contributed by atoms with Crippen LogP contribution in [0.5, 0.6) is 11.5 Å². The molecule has 0 aromatic heterocycles. The van der Waals surface area contributed by atoms with E-state index in [9.17, 15) is 4.79 Å². The van der Waals surface area contributed by atoms with Crippen LogP contribution in [0, 0.1) is 0 Å². The maximum Gasteiger partial charge on any atom is 0.251 e. The second kappa shape index (κ2) is 5.06. The van der Waals surface area contributed by atoms with Crippen molar-refractivity contribution >= 4 is 17.5 Å². The Hall–Kier alpha value is -1.42. The number of carbonyl (C=O) groups excluding carboxylic acids is 1. The lowest BCUT2D eigenvalue weighted by molar-refractivity contribution is 0.0923. The van der Waals surface area contributed by atoms with Crippen LogP contribution in [0.4, 0.5) is 0 Å². The minimum Gasteiger partial charge on any atom is -0.493 e. The Morgan fingerprint density at radius 3 is 2.72 bits per heavy atom. The topological polar surface area (TPSA) is 47.6 Å². The molecule has 98 valence electrons. The third kappa shape index (κ3) is 2.01. The van der Waals surface area contributed by atoms with Gasteiger partial charge in [-0.25, -0.2) is 0 Å². The van der Waals surface area contributed by atoms with E-state index in [4.69, 9.17) is 21.1 Å². The predicted octanol–water partition coefficient (Wildman–Crippen LogP) is 2.42. The SMILES string of the molecule is CCC1Cc2c(cc(OC)c(OC)c2Cl)C(=O)N1. The van der Waals surface area contributed by atoms with Gasteiger partial charge >= 0.3 is 0 Å². The van der Waals surface area contributed by atoms with Crippen LogP contribution in [0.3, 0.4) is 0 Å². The Kier molecular flexibility index (Phi) is 3.66. The molecular weight excluding hydrogens is 254 g/mol. The molecule has 1 aromatic rings. The van der Waals surface area contributed by atoms with E-state index in [1.807, 2.05) is 6.92 Å². The quantitative estimate of drug-likeness (QED) is 0.917. The highest BCUT2D eigenvalue weighted by molar-refractivity contribution is 6.33. The zero-order valence-corrected chi connectivity index (χ0v) is 11.4. The first-order valence-electron chi connectivity index (χ1n) is 5.86. The first-order chi connectivity index (χ1) is 8.62. The van der Waals surface area contributed by atoms with Gasteiger partial charge in [-0.05, 0) is 24.5 Å². The molecule has 1 N–H and O–H groups in total. The van der Waals surface area contributed by atoms with E-state index in [1.165, 1.54) is 14.2 Å². The summed E-state index contributed by atoms with van der Waals surface area (Å²) in [6.07, 6.45) is 1.59. The first kappa shape index (κ1) is 13.0. The molecule has 18 heavy (non-hydrogen) atoms.